The van der Waals surface area contributed by atoms with Gasteiger partial charge < -0.3 is 19.6 Å². The van der Waals surface area contributed by atoms with Crippen molar-refractivity contribution in [1.29, 1.82) is 0 Å². The number of carbonyl (C=O) groups is 2. The molecule has 0 aromatic carbocycles. The highest BCUT2D eigenvalue weighted by molar-refractivity contribution is 5.79. The summed E-state index contributed by atoms with van der Waals surface area (Å²) in [7, 11) is 0. The molecule has 3 aliphatic rings. The lowest BCUT2D eigenvalue weighted by Gasteiger charge is -2.27. The van der Waals surface area contributed by atoms with E-state index in [1.807, 2.05) is 21.6 Å². The van der Waals surface area contributed by atoms with Crippen LogP contribution in [0.2, 0.25) is 0 Å². The van der Waals surface area contributed by atoms with Crippen molar-refractivity contribution in [3.8, 4) is 0 Å². The Morgan fingerprint density at radius 2 is 1.92 bits per heavy atom. The molecule has 0 aromatic rings. The third-order valence-electron chi connectivity index (χ3n) is 5.73. The summed E-state index contributed by atoms with van der Waals surface area (Å²) in [6.07, 6.45) is 4.90. The van der Waals surface area contributed by atoms with E-state index in [1.165, 1.54) is 12.8 Å². The minimum atomic E-state index is -0.0480. The number of nitrogens with zero attached hydrogens (tertiary/aromatic N) is 3. The zero-order valence-corrected chi connectivity index (χ0v) is 15.9. The maximum absolute atomic E-state index is 12.7. The van der Waals surface area contributed by atoms with Gasteiger partial charge in [-0.25, -0.2) is 0 Å². The van der Waals surface area contributed by atoms with Crippen molar-refractivity contribution < 1.29 is 19.4 Å². The highest BCUT2D eigenvalue weighted by Gasteiger charge is 2.32. The Hall–Kier alpha value is -1.18. The van der Waals surface area contributed by atoms with Crippen LogP contribution in [-0.4, -0.2) is 96.2 Å². The van der Waals surface area contributed by atoms with Gasteiger partial charge in [-0.2, -0.15) is 0 Å². The molecule has 7 nitrogen and oxygen atoms in total. The van der Waals surface area contributed by atoms with Gasteiger partial charge in [-0.1, -0.05) is 0 Å². The van der Waals surface area contributed by atoms with E-state index in [1.54, 1.807) is 0 Å². The third-order valence-corrected chi connectivity index (χ3v) is 5.73. The van der Waals surface area contributed by atoms with Crippen LogP contribution in [-0.2, 0) is 14.3 Å². The summed E-state index contributed by atoms with van der Waals surface area (Å²) < 4.78 is 6.11. The minimum absolute atomic E-state index is 0.00975. The molecule has 0 aromatic heterocycles. The summed E-state index contributed by atoms with van der Waals surface area (Å²) in [4.78, 5) is 30.3. The molecule has 2 aliphatic heterocycles. The molecular weight excluding hydrogens is 334 g/mol. The zero-order chi connectivity index (χ0) is 18.5. The Balaban J connectivity index is 1.53. The van der Waals surface area contributed by atoms with E-state index in [2.05, 4.69) is 0 Å². The maximum atomic E-state index is 12.7. The summed E-state index contributed by atoms with van der Waals surface area (Å²) in [5.74, 6) is 1.02. The number of rotatable bonds is 9. The number of amides is 2. The van der Waals surface area contributed by atoms with Crippen LogP contribution < -0.4 is 0 Å². The van der Waals surface area contributed by atoms with E-state index in [0.717, 1.165) is 32.5 Å². The predicted molar refractivity (Wildman–Crippen MR) is 97.6 cm³/mol. The Morgan fingerprint density at radius 1 is 1.15 bits per heavy atom. The van der Waals surface area contributed by atoms with Crippen molar-refractivity contribution in [3.05, 3.63) is 0 Å². The lowest BCUT2D eigenvalue weighted by Crippen LogP contribution is -2.43. The molecule has 3 fully saturated rings. The summed E-state index contributed by atoms with van der Waals surface area (Å²) in [5, 5.41) is 9.49. The van der Waals surface area contributed by atoms with Crippen molar-refractivity contribution in [2.24, 2.45) is 5.92 Å². The Kier molecular flexibility index (Phi) is 6.89. The molecule has 0 radical (unpaired) electrons. The SMILES string of the molecule is C[C@@H](CO)N1CC(=O)N(CCCN2CCCC2=O)C[C@H](OCC2CC2)C1. The smallest absolute Gasteiger partial charge is 0.236 e. The second-order valence-electron chi connectivity index (χ2n) is 8.04. The van der Waals surface area contributed by atoms with Crippen LogP contribution in [0.1, 0.15) is 39.0 Å². The largest absolute Gasteiger partial charge is 0.395 e. The van der Waals surface area contributed by atoms with Gasteiger partial charge in [0, 0.05) is 51.8 Å². The molecule has 148 valence electrons. The van der Waals surface area contributed by atoms with Crippen LogP contribution in [0.4, 0.5) is 0 Å². The zero-order valence-electron chi connectivity index (χ0n) is 15.9. The molecule has 2 atom stereocenters. The van der Waals surface area contributed by atoms with Crippen LogP contribution >= 0.6 is 0 Å². The van der Waals surface area contributed by atoms with E-state index < -0.39 is 0 Å². The molecule has 7 heteroatoms. The molecule has 1 saturated carbocycles. The molecule has 0 unspecified atom stereocenters. The van der Waals surface area contributed by atoms with Gasteiger partial charge in [0.25, 0.3) is 0 Å². The first-order valence-corrected chi connectivity index (χ1v) is 10.1. The quantitative estimate of drug-likeness (QED) is 0.635. The van der Waals surface area contributed by atoms with Gasteiger partial charge in [-0.15, -0.1) is 0 Å². The van der Waals surface area contributed by atoms with E-state index in [4.69, 9.17) is 4.74 Å². The highest BCUT2D eigenvalue weighted by atomic mass is 16.5. The standard InChI is InChI=1S/C19H33N3O4/c1-15(13-23)22-11-17(26-14-16-5-6-16)10-21(19(25)12-22)9-3-8-20-7-2-4-18(20)24/h15-17,23H,2-14H2,1H3/t15-,17-/m0/s1. The Morgan fingerprint density at radius 3 is 2.58 bits per heavy atom. The topological polar surface area (TPSA) is 73.3 Å². The van der Waals surface area contributed by atoms with Crippen LogP contribution in [0, 0.1) is 5.92 Å². The van der Waals surface area contributed by atoms with Gasteiger partial charge in [0.15, 0.2) is 0 Å². The molecular formula is C19H33N3O4. The van der Waals surface area contributed by atoms with Crippen molar-refractivity contribution in [2.45, 2.75) is 51.2 Å². The molecule has 1 aliphatic carbocycles. The average molecular weight is 367 g/mol. The molecule has 26 heavy (non-hydrogen) atoms. The first kappa shape index (κ1) is 19.6. The minimum Gasteiger partial charge on any atom is -0.395 e. The summed E-state index contributed by atoms with van der Waals surface area (Å²) in [6.45, 7) is 6.61. The number of hydrogen-bond acceptors (Lipinski definition) is 5. The van der Waals surface area contributed by atoms with Crippen LogP contribution in [0.25, 0.3) is 0 Å². The number of likely N-dealkylation sites (tertiary alicyclic amines) is 1. The second-order valence-corrected chi connectivity index (χ2v) is 8.04. The number of ether oxygens (including phenoxy) is 1. The van der Waals surface area contributed by atoms with Crippen molar-refractivity contribution in [2.75, 3.05) is 52.5 Å². The number of aliphatic hydroxyl groups excluding tert-OH is 1. The third kappa shape index (κ3) is 5.41. The summed E-state index contributed by atoms with van der Waals surface area (Å²) in [5.41, 5.74) is 0. The Labute approximate surface area is 156 Å². The molecule has 0 bridgehead atoms. The van der Waals surface area contributed by atoms with Crippen molar-refractivity contribution in [1.82, 2.24) is 14.7 Å². The summed E-state index contributed by atoms with van der Waals surface area (Å²) in [6, 6.07) is -0.0480. The monoisotopic (exact) mass is 367 g/mol. The van der Waals surface area contributed by atoms with Gasteiger partial charge in [0.2, 0.25) is 11.8 Å². The first-order valence-electron chi connectivity index (χ1n) is 10.1. The lowest BCUT2D eigenvalue weighted by atomic mass is 10.2. The van der Waals surface area contributed by atoms with Crippen LogP contribution in [0.5, 0.6) is 0 Å². The van der Waals surface area contributed by atoms with Gasteiger partial charge in [-0.05, 0) is 38.5 Å². The molecule has 2 heterocycles. The molecule has 0 spiro atoms. The predicted octanol–water partition coefficient (Wildman–Crippen LogP) is 0.319. The van der Waals surface area contributed by atoms with Gasteiger partial charge in [0.05, 0.1) is 19.3 Å². The maximum Gasteiger partial charge on any atom is 0.236 e. The molecule has 1 N–H and O–H groups in total. The lowest BCUT2D eigenvalue weighted by molar-refractivity contribution is -0.132. The number of carbonyl (C=O) groups excluding carboxylic acids is 2. The molecule has 2 saturated heterocycles. The fraction of sp³-hybridized carbons (Fsp3) is 0.895. The fourth-order valence-corrected chi connectivity index (χ4v) is 3.73. The second kappa shape index (κ2) is 9.15. The van der Waals surface area contributed by atoms with E-state index in [-0.39, 0.29) is 30.6 Å². The van der Waals surface area contributed by atoms with Gasteiger partial charge in [0.1, 0.15) is 0 Å². The normalized spacial score (nSPS) is 26.5. The first-order chi connectivity index (χ1) is 12.6. The number of hydrogen-bond donors (Lipinski definition) is 1. The van der Waals surface area contributed by atoms with E-state index in [0.29, 0.717) is 38.5 Å². The van der Waals surface area contributed by atoms with Gasteiger partial charge >= 0.3 is 0 Å². The van der Waals surface area contributed by atoms with Crippen LogP contribution in [0.15, 0.2) is 0 Å². The van der Waals surface area contributed by atoms with E-state index >= 15 is 0 Å². The molecule has 3 rings (SSSR count). The van der Waals surface area contributed by atoms with Gasteiger partial charge in [-0.3, -0.25) is 14.5 Å². The molecule has 2 amide bonds. The summed E-state index contributed by atoms with van der Waals surface area (Å²) >= 11 is 0. The van der Waals surface area contributed by atoms with Crippen LogP contribution in [0.3, 0.4) is 0 Å². The van der Waals surface area contributed by atoms with Crippen molar-refractivity contribution in [3.63, 3.8) is 0 Å². The fourth-order valence-electron chi connectivity index (χ4n) is 3.73. The number of aliphatic hydroxyl groups is 1. The van der Waals surface area contributed by atoms with Crippen molar-refractivity contribution >= 4 is 11.8 Å². The average Bonchev–Trinajstić information content (AvgIpc) is 3.39. The Bertz CT molecular complexity index is 497. The highest BCUT2D eigenvalue weighted by Crippen LogP contribution is 2.29. The van der Waals surface area contributed by atoms with E-state index in [9.17, 15) is 14.7 Å².